The van der Waals surface area contributed by atoms with Gasteiger partial charge in [0.15, 0.2) is 0 Å². The van der Waals surface area contributed by atoms with E-state index in [2.05, 4.69) is 14.9 Å². The van der Waals surface area contributed by atoms with Gasteiger partial charge in [-0.2, -0.15) is 4.98 Å². The molecule has 1 fully saturated rings. The van der Waals surface area contributed by atoms with E-state index in [9.17, 15) is 23.1 Å². The Morgan fingerprint density at radius 3 is 2.48 bits per heavy atom. The summed E-state index contributed by atoms with van der Waals surface area (Å²) >= 11 is 5.86. The lowest BCUT2D eigenvalue weighted by molar-refractivity contribution is -0.274. The molecule has 1 N–H and O–H groups in total. The number of nitrogens with zero attached hydrogens (tertiary/aromatic N) is 3. The standard InChI is InChI=1S/C20H15ClF3N3O4/c21-13-5-1-12(2-6-13)19(29)27-10-14(28)9-16(27)18-25-17(26-31-18)11-3-7-15(8-4-11)30-20(22,23)24/h1-8,14,16,28H,9-10H2/t14-,16+/m0/s1. The highest BCUT2D eigenvalue weighted by molar-refractivity contribution is 6.30. The first-order valence-electron chi connectivity index (χ1n) is 9.14. The first-order valence-corrected chi connectivity index (χ1v) is 9.52. The van der Waals surface area contributed by atoms with E-state index in [1.807, 2.05) is 0 Å². The number of carbonyl (C=O) groups is 1. The summed E-state index contributed by atoms with van der Waals surface area (Å²) in [5.41, 5.74) is 0.794. The molecule has 1 aromatic heterocycles. The van der Waals surface area contributed by atoms with Crippen LogP contribution in [0.2, 0.25) is 5.02 Å². The number of likely N-dealkylation sites (tertiary alicyclic amines) is 1. The van der Waals surface area contributed by atoms with E-state index >= 15 is 0 Å². The van der Waals surface area contributed by atoms with Gasteiger partial charge in [-0.25, -0.2) is 0 Å². The average molecular weight is 454 g/mol. The van der Waals surface area contributed by atoms with Crippen LogP contribution in [0, 0.1) is 0 Å². The van der Waals surface area contributed by atoms with E-state index in [-0.39, 0.29) is 36.3 Å². The quantitative estimate of drug-likeness (QED) is 0.635. The number of benzene rings is 2. The van der Waals surface area contributed by atoms with Gasteiger partial charge in [-0.15, -0.1) is 13.2 Å². The number of rotatable bonds is 4. The number of carbonyl (C=O) groups excluding carboxylic acids is 1. The van der Waals surface area contributed by atoms with Crippen LogP contribution in [0.1, 0.15) is 28.7 Å². The third-order valence-electron chi connectivity index (χ3n) is 4.70. The smallest absolute Gasteiger partial charge is 0.406 e. The SMILES string of the molecule is O=C(c1ccc(Cl)cc1)N1C[C@@H](O)C[C@@H]1c1nc(-c2ccc(OC(F)(F)F)cc2)no1. The maximum atomic E-state index is 12.9. The van der Waals surface area contributed by atoms with Crippen LogP contribution in [0.15, 0.2) is 53.1 Å². The molecule has 1 saturated heterocycles. The predicted octanol–water partition coefficient (Wildman–Crippen LogP) is 4.24. The summed E-state index contributed by atoms with van der Waals surface area (Å²) in [6.07, 6.45) is -5.35. The zero-order valence-electron chi connectivity index (χ0n) is 15.7. The first-order chi connectivity index (χ1) is 14.7. The van der Waals surface area contributed by atoms with Crippen molar-refractivity contribution in [1.29, 1.82) is 0 Å². The van der Waals surface area contributed by atoms with Gasteiger partial charge in [0.1, 0.15) is 11.8 Å². The summed E-state index contributed by atoms with van der Waals surface area (Å²) in [4.78, 5) is 18.6. The van der Waals surface area contributed by atoms with Crippen molar-refractivity contribution in [2.75, 3.05) is 6.54 Å². The van der Waals surface area contributed by atoms with Crippen molar-refractivity contribution in [3.63, 3.8) is 0 Å². The van der Waals surface area contributed by atoms with Crippen molar-refractivity contribution >= 4 is 17.5 Å². The van der Waals surface area contributed by atoms with Crippen LogP contribution in [0.5, 0.6) is 5.75 Å². The number of β-amino-alcohol motifs (C(OH)–C–C–N with tert-alkyl or cyclic N) is 1. The lowest BCUT2D eigenvalue weighted by Gasteiger charge is -2.21. The van der Waals surface area contributed by atoms with Crippen molar-refractivity contribution in [1.82, 2.24) is 15.0 Å². The summed E-state index contributed by atoms with van der Waals surface area (Å²) < 4.78 is 46.0. The normalized spacial score (nSPS) is 18.9. The van der Waals surface area contributed by atoms with Gasteiger partial charge in [0, 0.05) is 29.1 Å². The molecule has 7 nitrogen and oxygen atoms in total. The number of amides is 1. The topological polar surface area (TPSA) is 88.7 Å². The average Bonchev–Trinajstić information content (AvgIpc) is 3.34. The number of halogens is 4. The minimum atomic E-state index is -4.79. The Morgan fingerprint density at radius 1 is 1.16 bits per heavy atom. The molecule has 3 aromatic rings. The Balaban J connectivity index is 1.54. The molecule has 0 bridgehead atoms. The Bertz CT molecular complexity index is 1070. The monoisotopic (exact) mass is 453 g/mol. The lowest BCUT2D eigenvalue weighted by atomic mass is 10.1. The molecule has 0 radical (unpaired) electrons. The summed E-state index contributed by atoms with van der Waals surface area (Å²) in [7, 11) is 0. The second-order valence-electron chi connectivity index (χ2n) is 6.90. The third-order valence-corrected chi connectivity index (χ3v) is 4.96. The predicted molar refractivity (Wildman–Crippen MR) is 102 cm³/mol. The van der Waals surface area contributed by atoms with Gasteiger partial charge < -0.3 is 19.3 Å². The largest absolute Gasteiger partial charge is 0.573 e. The van der Waals surface area contributed by atoms with E-state index < -0.39 is 18.5 Å². The molecule has 31 heavy (non-hydrogen) atoms. The second-order valence-corrected chi connectivity index (χ2v) is 7.33. The molecule has 0 unspecified atom stereocenters. The van der Waals surface area contributed by atoms with Crippen LogP contribution in [0.25, 0.3) is 11.4 Å². The van der Waals surface area contributed by atoms with Crippen LogP contribution >= 0.6 is 11.6 Å². The minimum Gasteiger partial charge on any atom is -0.406 e. The molecule has 2 atom stereocenters. The number of hydrogen-bond acceptors (Lipinski definition) is 6. The van der Waals surface area contributed by atoms with E-state index in [0.29, 0.717) is 16.1 Å². The highest BCUT2D eigenvalue weighted by Crippen LogP contribution is 2.34. The first kappa shape index (κ1) is 21.1. The molecule has 0 aliphatic carbocycles. The number of ether oxygens (including phenoxy) is 1. The summed E-state index contributed by atoms with van der Waals surface area (Å²) in [6.45, 7) is 0.0906. The molecule has 0 spiro atoms. The number of hydrogen-bond donors (Lipinski definition) is 1. The minimum absolute atomic E-state index is 0.0906. The van der Waals surface area contributed by atoms with Crippen LogP contribution in [0.3, 0.4) is 0 Å². The number of alkyl halides is 3. The summed E-state index contributed by atoms with van der Waals surface area (Å²) in [5, 5.41) is 14.4. The van der Waals surface area contributed by atoms with Crippen LogP contribution < -0.4 is 4.74 Å². The zero-order chi connectivity index (χ0) is 22.2. The van der Waals surface area contributed by atoms with Crippen LogP contribution in [-0.4, -0.2) is 45.1 Å². The summed E-state index contributed by atoms with van der Waals surface area (Å²) in [6, 6.07) is 10.7. The Labute approximate surface area is 179 Å². The van der Waals surface area contributed by atoms with Crippen LogP contribution in [0.4, 0.5) is 13.2 Å². The fourth-order valence-corrected chi connectivity index (χ4v) is 3.45. The van der Waals surface area contributed by atoms with Crippen molar-refractivity contribution in [3.05, 3.63) is 65.0 Å². The number of aromatic nitrogens is 2. The van der Waals surface area contributed by atoms with Gasteiger partial charge in [-0.3, -0.25) is 4.79 Å². The summed E-state index contributed by atoms with van der Waals surface area (Å²) in [5.74, 6) is -0.455. The maximum Gasteiger partial charge on any atom is 0.573 e. The zero-order valence-corrected chi connectivity index (χ0v) is 16.5. The fourth-order valence-electron chi connectivity index (χ4n) is 3.32. The molecule has 1 aliphatic rings. The van der Waals surface area contributed by atoms with Gasteiger partial charge in [-0.1, -0.05) is 16.8 Å². The molecule has 1 amide bonds. The molecular formula is C20H15ClF3N3O4. The van der Waals surface area contributed by atoms with Crippen molar-refractivity contribution in [3.8, 4) is 17.1 Å². The lowest BCUT2D eigenvalue weighted by Crippen LogP contribution is -2.31. The molecule has 2 heterocycles. The fraction of sp³-hybridized carbons (Fsp3) is 0.250. The van der Waals surface area contributed by atoms with Gasteiger partial charge >= 0.3 is 6.36 Å². The van der Waals surface area contributed by atoms with Crippen LogP contribution in [-0.2, 0) is 0 Å². The van der Waals surface area contributed by atoms with Gasteiger partial charge in [-0.05, 0) is 48.5 Å². The van der Waals surface area contributed by atoms with E-state index in [4.69, 9.17) is 16.1 Å². The van der Waals surface area contributed by atoms with E-state index in [1.165, 1.54) is 17.0 Å². The van der Waals surface area contributed by atoms with Gasteiger partial charge in [0.2, 0.25) is 11.7 Å². The maximum absolute atomic E-state index is 12.9. The number of aliphatic hydroxyl groups is 1. The molecular weight excluding hydrogens is 439 g/mol. The highest BCUT2D eigenvalue weighted by Gasteiger charge is 2.39. The molecule has 2 aromatic carbocycles. The third kappa shape index (κ3) is 4.80. The molecule has 162 valence electrons. The Morgan fingerprint density at radius 2 is 1.84 bits per heavy atom. The Hall–Kier alpha value is -3.11. The van der Waals surface area contributed by atoms with Crippen molar-refractivity contribution in [2.45, 2.75) is 24.9 Å². The molecule has 1 aliphatic heterocycles. The second kappa shape index (κ2) is 8.20. The van der Waals surface area contributed by atoms with Crippen molar-refractivity contribution in [2.24, 2.45) is 0 Å². The Kier molecular flexibility index (Phi) is 5.59. The number of aliphatic hydroxyl groups excluding tert-OH is 1. The van der Waals surface area contributed by atoms with Gasteiger partial charge in [0.25, 0.3) is 5.91 Å². The highest BCUT2D eigenvalue weighted by atomic mass is 35.5. The molecule has 0 saturated carbocycles. The molecule has 11 heteroatoms. The van der Waals surface area contributed by atoms with E-state index in [0.717, 1.165) is 12.1 Å². The van der Waals surface area contributed by atoms with Crippen molar-refractivity contribution < 1.29 is 32.3 Å². The molecule has 4 rings (SSSR count). The van der Waals surface area contributed by atoms with E-state index in [1.54, 1.807) is 24.3 Å². The van der Waals surface area contributed by atoms with Gasteiger partial charge in [0.05, 0.1) is 6.10 Å².